The largest absolute Gasteiger partial charge is 0.356 e. The summed E-state index contributed by atoms with van der Waals surface area (Å²) in [7, 11) is 0. The van der Waals surface area contributed by atoms with Crippen LogP contribution in [0.1, 0.15) is 51.5 Å². The monoisotopic (exact) mass is 486 g/mol. The van der Waals surface area contributed by atoms with Crippen LogP contribution in [0.3, 0.4) is 0 Å². The minimum atomic E-state index is 0.106. The number of para-hydroxylation sites is 2. The third-order valence-electron chi connectivity index (χ3n) is 8.21. The van der Waals surface area contributed by atoms with Crippen LogP contribution in [-0.4, -0.2) is 9.55 Å². The summed E-state index contributed by atoms with van der Waals surface area (Å²) in [6.07, 6.45) is 0. The molecule has 1 aliphatic heterocycles. The lowest BCUT2D eigenvalue weighted by atomic mass is 9.76. The molecule has 3 heteroatoms. The number of benzene rings is 4. The summed E-state index contributed by atoms with van der Waals surface area (Å²) in [6, 6.07) is 37.0. The van der Waals surface area contributed by atoms with Gasteiger partial charge in [-0.05, 0) is 54.3 Å². The molecule has 4 aromatic carbocycles. The van der Waals surface area contributed by atoms with Crippen molar-refractivity contribution in [1.29, 1.82) is 0 Å². The van der Waals surface area contributed by atoms with E-state index in [1.807, 2.05) is 12.1 Å². The van der Waals surface area contributed by atoms with Gasteiger partial charge in [-0.25, -0.2) is 0 Å². The summed E-state index contributed by atoms with van der Waals surface area (Å²) < 4.78 is 2.61. The smallest absolute Gasteiger partial charge is 0.0819 e. The van der Waals surface area contributed by atoms with Crippen molar-refractivity contribution in [2.45, 2.75) is 31.7 Å². The van der Waals surface area contributed by atoms with Gasteiger partial charge < -0.3 is 9.55 Å². The van der Waals surface area contributed by atoms with E-state index < -0.39 is 0 Å². The summed E-state index contributed by atoms with van der Waals surface area (Å²) in [6.45, 7) is 4.54. The predicted octanol–water partition coefficient (Wildman–Crippen LogP) is 8.91. The molecule has 0 bridgehead atoms. The van der Waals surface area contributed by atoms with E-state index in [0.29, 0.717) is 0 Å². The van der Waals surface area contributed by atoms with E-state index in [4.69, 9.17) is 11.6 Å². The fraction of sp³-hybridized carbons (Fsp3) is 0.152. The van der Waals surface area contributed by atoms with Crippen LogP contribution in [-0.2, 0) is 0 Å². The maximum absolute atomic E-state index is 6.95. The average molecular weight is 487 g/mol. The molecule has 0 spiro atoms. The van der Waals surface area contributed by atoms with Gasteiger partial charge in [-0.1, -0.05) is 96.5 Å². The molecule has 6 aromatic rings. The van der Waals surface area contributed by atoms with Crippen molar-refractivity contribution in [2.75, 3.05) is 0 Å². The number of aryl methyl sites for hydroxylation is 2. The summed E-state index contributed by atoms with van der Waals surface area (Å²) in [5.74, 6) is 0.320. The maximum Gasteiger partial charge on any atom is 0.0819 e. The van der Waals surface area contributed by atoms with E-state index in [2.05, 4.69) is 114 Å². The van der Waals surface area contributed by atoms with Gasteiger partial charge in [-0.2, -0.15) is 0 Å². The Labute approximate surface area is 216 Å². The fourth-order valence-electron chi connectivity index (χ4n) is 6.67. The zero-order chi connectivity index (χ0) is 24.4. The Kier molecular flexibility index (Phi) is 4.87. The Bertz CT molecular complexity index is 1740. The molecule has 2 aromatic heterocycles. The van der Waals surface area contributed by atoms with Gasteiger partial charge >= 0.3 is 0 Å². The molecule has 3 heterocycles. The first kappa shape index (κ1) is 21.5. The van der Waals surface area contributed by atoms with E-state index in [0.717, 1.165) is 5.02 Å². The molecule has 176 valence electrons. The molecule has 0 amide bonds. The third-order valence-corrected chi connectivity index (χ3v) is 8.55. The highest BCUT2D eigenvalue weighted by Gasteiger charge is 2.47. The maximum atomic E-state index is 6.95. The van der Waals surface area contributed by atoms with Crippen molar-refractivity contribution >= 4 is 33.4 Å². The van der Waals surface area contributed by atoms with Gasteiger partial charge in [-0.3, -0.25) is 0 Å². The van der Waals surface area contributed by atoms with Crippen LogP contribution < -0.4 is 0 Å². The Hall–Kier alpha value is -3.75. The predicted molar refractivity (Wildman–Crippen MR) is 150 cm³/mol. The van der Waals surface area contributed by atoms with Crippen LogP contribution in [0.25, 0.3) is 21.8 Å². The first-order valence-electron chi connectivity index (χ1n) is 12.6. The number of halogens is 1. The van der Waals surface area contributed by atoms with Crippen molar-refractivity contribution in [3.8, 4) is 0 Å². The molecule has 0 saturated carbocycles. The van der Waals surface area contributed by atoms with Gasteiger partial charge in [0.1, 0.15) is 0 Å². The lowest BCUT2D eigenvalue weighted by molar-refractivity contribution is 0.520. The molecule has 1 N–H and O–H groups in total. The SMILES string of the molecule is Cc1c([C@H]2[C@H](c3ccccc3)[C@@H](c3ccccc3Cl)c3c(C)c4ccccc4n32)[nH]c2ccccc12. The van der Waals surface area contributed by atoms with Crippen molar-refractivity contribution in [2.24, 2.45) is 0 Å². The highest BCUT2D eigenvalue weighted by atomic mass is 35.5. The standard InChI is InChI=1S/C33H27ClN2/c1-20-23-14-7-10-18-27(23)35-31(20)33-29(22-12-4-3-5-13-22)30(25-16-6-9-17-26(25)34)32-21(2)24-15-8-11-19-28(24)36(32)33/h3-19,29-30,33,35H,1-2H3/t29-,30-,33-/m1/s1. The molecule has 2 nitrogen and oxygen atoms in total. The van der Waals surface area contributed by atoms with Crippen molar-refractivity contribution < 1.29 is 0 Å². The summed E-state index contributed by atoms with van der Waals surface area (Å²) in [5.41, 5.74) is 10.3. The number of nitrogens with zero attached hydrogens (tertiary/aromatic N) is 1. The van der Waals surface area contributed by atoms with Crippen LogP contribution in [0, 0.1) is 13.8 Å². The number of aromatic amines is 1. The van der Waals surface area contributed by atoms with Crippen LogP contribution in [0.15, 0.2) is 103 Å². The van der Waals surface area contributed by atoms with E-state index >= 15 is 0 Å². The van der Waals surface area contributed by atoms with Crippen LogP contribution in [0.4, 0.5) is 0 Å². The molecule has 1 aliphatic rings. The van der Waals surface area contributed by atoms with Gasteiger partial charge in [0.25, 0.3) is 0 Å². The van der Waals surface area contributed by atoms with Crippen molar-refractivity contribution in [3.05, 3.63) is 142 Å². The molecular formula is C33H27ClN2. The summed E-state index contributed by atoms with van der Waals surface area (Å²) in [5, 5.41) is 3.43. The molecular weight excluding hydrogens is 460 g/mol. The van der Waals surface area contributed by atoms with E-state index in [1.165, 1.54) is 55.4 Å². The van der Waals surface area contributed by atoms with Gasteiger partial charge in [0.2, 0.25) is 0 Å². The number of rotatable bonds is 3. The second-order valence-electron chi connectivity index (χ2n) is 9.99. The second-order valence-corrected chi connectivity index (χ2v) is 10.4. The Morgan fingerprint density at radius 1 is 0.694 bits per heavy atom. The Morgan fingerprint density at radius 2 is 1.36 bits per heavy atom. The Morgan fingerprint density at radius 3 is 2.14 bits per heavy atom. The second kappa shape index (κ2) is 8.15. The van der Waals surface area contributed by atoms with Crippen LogP contribution in [0.5, 0.6) is 0 Å². The molecule has 0 aliphatic carbocycles. The van der Waals surface area contributed by atoms with Crippen molar-refractivity contribution in [1.82, 2.24) is 9.55 Å². The molecule has 3 atom stereocenters. The molecule has 0 unspecified atom stereocenters. The van der Waals surface area contributed by atoms with E-state index in [1.54, 1.807) is 0 Å². The highest BCUT2D eigenvalue weighted by molar-refractivity contribution is 6.31. The molecule has 36 heavy (non-hydrogen) atoms. The zero-order valence-corrected chi connectivity index (χ0v) is 21.1. The summed E-state index contributed by atoms with van der Waals surface area (Å²) >= 11 is 6.95. The number of aromatic nitrogens is 2. The van der Waals surface area contributed by atoms with Gasteiger partial charge in [0.05, 0.1) is 6.04 Å². The minimum Gasteiger partial charge on any atom is -0.356 e. The number of fused-ring (bicyclic) bond motifs is 4. The third kappa shape index (κ3) is 2.98. The van der Waals surface area contributed by atoms with E-state index in [9.17, 15) is 0 Å². The topological polar surface area (TPSA) is 20.7 Å². The van der Waals surface area contributed by atoms with Gasteiger partial charge in [0.15, 0.2) is 0 Å². The molecule has 7 rings (SSSR count). The first-order chi connectivity index (χ1) is 17.6. The normalized spacial score (nSPS) is 19.2. The first-order valence-corrected chi connectivity index (χ1v) is 13.0. The Balaban J connectivity index is 1.61. The average Bonchev–Trinajstić information content (AvgIpc) is 3.53. The lowest BCUT2D eigenvalue weighted by Crippen LogP contribution is -2.17. The number of H-pyrrole nitrogens is 1. The number of hydrogen-bond donors (Lipinski definition) is 1. The van der Waals surface area contributed by atoms with Crippen LogP contribution >= 0.6 is 11.6 Å². The quantitative estimate of drug-likeness (QED) is 0.258. The zero-order valence-electron chi connectivity index (χ0n) is 20.4. The minimum absolute atomic E-state index is 0.106. The number of hydrogen-bond acceptors (Lipinski definition) is 0. The van der Waals surface area contributed by atoms with E-state index in [-0.39, 0.29) is 17.9 Å². The van der Waals surface area contributed by atoms with Gasteiger partial charge in [-0.15, -0.1) is 0 Å². The molecule has 0 fully saturated rings. The lowest BCUT2D eigenvalue weighted by Gasteiger charge is -2.28. The van der Waals surface area contributed by atoms with Gasteiger partial charge in [0, 0.05) is 50.1 Å². The summed E-state index contributed by atoms with van der Waals surface area (Å²) in [4.78, 5) is 3.85. The fourth-order valence-corrected chi connectivity index (χ4v) is 6.92. The molecule has 0 radical (unpaired) electrons. The van der Waals surface area contributed by atoms with Crippen molar-refractivity contribution in [3.63, 3.8) is 0 Å². The molecule has 0 saturated heterocycles. The van der Waals surface area contributed by atoms with Crippen LogP contribution in [0.2, 0.25) is 5.02 Å². The number of nitrogens with one attached hydrogen (secondary N) is 1. The highest BCUT2D eigenvalue weighted by Crippen LogP contribution is 2.58.